The molecule has 6 rings (SSSR count). The van der Waals surface area contributed by atoms with Gasteiger partial charge >= 0.3 is 0 Å². The summed E-state index contributed by atoms with van der Waals surface area (Å²) in [5, 5.41) is 56.3. The lowest BCUT2D eigenvalue weighted by molar-refractivity contribution is -0.307. The average molecular weight is 507 g/mol. The van der Waals surface area contributed by atoms with Crippen LogP contribution in [0.15, 0.2) is 0 Å². The Morgan fingerprint density at radius 1 is 0.694 bits per heavy atom. The molecule has 36 heavy (non-hydrogen) atoms. The highest BCUT2D eigenvalue weighted by molar-refractivity contribution is 5.30. The molecular weight excluding hydrogens is 456 g/mol. The lowest BCUT2D eigenvalue weighted by Crippen LogP contribution is -2.75. The fraction of sp³-hybridized carbons (Fsp3) is 1.00. The Hall–Kier alpha value is -0.240. The summed E-state index contributed by atoms with van der Waals surface area (Å²) in [6.07, 6.45) is 4.04. The van der Waals surface area contributed by atoms with Crippen molar-refractivity contribution >= 4 is 0 Å². The summed E-state index contributed by atoms with van der Waals surface area (Å²) in [5.41, 5.74) is -2.67. The number of aliphatic hydroxyl groups excluding tert-OH is 5. The van der Waals surface area contributed by atoms with Gasteiger partial charge in [-0.25, -0.2) is 0 Å². The molecule has 1 heterocycles. The van der Waals surface area contributed by atoms with Crippen LogP contribution in [0.25, 0.3) is 0 Å². The number of rotatable bonds is 1. The summed E-state index contributed by atoms with van der Waals surface area (Å²) in [5.74, 6) is 0.527. The van der Waals surface area contributed by atoms with E-state index in [4.69, 9.17) is 4.74 Å². The van der Waals surface area contributed by atoms with E-state index in [1.165, 1.54) is 0 Å². The van der Waals surface area contributed by atoms with Crippen molar-refractivity contribution in [3.8, 4) is 0 Å². The first-order valence-electron chi connectivity index (χ1n) is 14.6. The van der Waals surface area contributed by atoms with Crippen LogP contribution in [0.1, 0.15) is 99.3 Å². The van der Waals surface area contributed by atoms with Crippen molar-refractivity contribution in [3.05, 3.63) is 0 Å². The number of ether oxygens (including phenoxy) is 1. The zero-order chi connectivity index (χ0) is 26.3. The molecule has 1 saturated heterocycles. The molecule has 5 saturated carbocycles. The first-order valence-corrected chi connectivity index (χ1v) is 14.6. The van der Waals surface area contributed by atoms with Gasteiger partial charge in [0.05, 0.1) is 35.9 Å². The molecule has 0 amide bonds. The van der Waals surface area contributed by atoms with Crippen LogP contribution < -0.4 is 0 Å². The Morgan fingerprint density at radius 3 is 2.00 bits per heavy atom. The standard InChI is InChI=1S/C30H50O6/c1-24(2)13-19-29-12-8-18-25(3)10-9-20(32)26(4,16-31)17(25)7-11-27(18,5)28(29,6)15-22(34)30(19,21(33)14-24)23(35)36-29/h17-23,31-35H,7-16H2,1-6H3/t17-,18-,19+,20+,21+,22-,23+,25+,26+,27-,28+,29+,30+/m1/s1. The SMILES string of the molecule is CC1(C)C[C@@H]2[C@@]3([C@H](O)C[C@]4(C)[C@@]2(CC[C@@H]2[C@@]5(C)CC[C@H](O)[C@@](C)(CO)[C@@H]5CC[C@]24C)O[C@@H]3O)[C@@H](O)C1. The van der Waals surface area contributed by atoms with E-state index in [2.05, 4.69) is 41.5 Å². The minimum Gasteiger partial charge on any atom is -0.396 e. The van der Waals surface area contributed by atoms with Crippen molar-refractivity contribution in [2.75, 3.05) is 6.61 Å². The minimum absolute atomic E-state index is 0.00461. The Labute approximate surface area is 216 Å². The van der Waals surface area contributed by atoms with Gasteiger partial charge in [-0.15, -0.1) is 0 Å². The minimum atomic E-state index is -1.15. The normalized spacial score (nSPS) is 63.6. The smallest absolute Gasteiger partial charge is 0.166 e. The zero-order valence-corrected chi connectivity index (χ0v) is 23.3. The molecule has 6 nitrogen and oxygen atoms in total. The molecule has 6 heteroatoms. The van der Waals surface area contributed by atoms with Gasteiger partial charge in [0.1, 0.15) is 0 Å². The van der Waals surface area contributed by atoms with Crippen LogP contribution in [-0.2, 0) is 4.74 Å². The third-order valence-electron chi connectivity index (χ3n) is 14.3. The molecule has 2 bridgehead atoms. The Bertz CT molecular complexity index is 938. The second kappa shape index (κ2) is 7.28. The summed E-state index contributed by atoms with van der Waals surface area (Å²) in [6.45, 7) is 13.6. The van der Waals surface area contributed by atoms with Crippen LogP contribution in [0.3, 0.4) is 0 Å². The molecule has 0 unspecified atom stereocenters. The molecule has 0 radical (unpaired) electrons. The molecule has 13 atom stereocenters. The van der Waals surface area contributed by atoms with E-state index in [1.807, 2.05) is 0 Å². The van der Waals surface area contributed by atoms with Gasteiger partial charge in [-0.1, -0.05) is 41.5 Å². The van der Waals surface area contributed by atoms with Gasteiger partial charge in [0.25, 0.3) is 0 Å². The monoisotopic (exact) mass is 506 g/mol. The van der Waals surface area contributed by atoms with Crippen LogP contribution in [0, 0.1) is 50.2 Å². The second-order valence-electron chi connectivity index (χ2n) is 15.9. The molecule has 1 aliphatic heterocycles. The van der Waals surface area contributed by atoms with Crippen molar-refractivity contribution in [2.45, 2.75) is 130 Å². The maximum absolute atomic E-state index is 11.9. The van der Waals surface area contributed by atoms with Crippen molar-refractivity contribution in [1.82, 2.24) is 0 Å². The molecular formula is C30H50O6. The Balaban J connectivity index is 1.48. The maximum atomic E-state index is 11.9. The van der Waals surface area contributed by atoms with E-state index < -0.39 is 41.0 Å². The highest BCUT2D eigenvalue weighted by atomic mass is 16.6. The van der Waals surface area contributed by atoms with Crippen LogP contribution in [0.5, 0.6) is 0 Å². The van der Waals surface area contributed by atoms with Crippen molar-refractivity contribution in [2.24, 2.45) is 50.2 Å². The molecule has 0 aromatic heterocycles. The van der Waals surface area contributed by atoms with E-state index >= 15 is 0 Å². The molecule has 6 fully saturated rings. The fourth-order valence-corrected chi connectivity index (χ4v) is 12.4. The average Bonchev–Trinajstić information content (AvgIpc) is 2.99. The first kappa shape index (κ1) is 26.0. The second-order valence-corrected chi connectivity index (χ2v) is 15.9. The summed E-state index contributed by atoms with van der Waals surface area (Å²) >= 11 is 0. The van der Waals surface area contributed by atoms with Crippen LogP contribution in [0.4, 0.5) is 0 Å². The highest BCUT2D eigenvalue weighted by Crippen LogP contribution is 2.81. The first-order chi connectivity index (χ1) is 16.6. The number of fused-ring (bicyclic) bond motifs is 4. The van der Waals surface area contributed by atoms with Gasteiger partial charge in [0.2, 0.25) is 0 Å². The molecule has 5 aliphatic carbocycles. The van der Waals surface area contributed by atoms with Crippen LogP contribution >= 0.6 is 0 Å². The van der Waals surface area contributed by atoms with Gasteiger partial charge in [0, 0.05) is 16.7 Å². The topological polar surface area (TPSA) is 110 Å². The number of hydrogen-bond donors (Lipinski definition) is 5. The predicted molar refractivity (Wildman–Crippen MR) is 136 cm³/mol. The quantitative estimate of drug-likeness (QED) is 0.372. The molecule has 6 aliphatic rings. The molecule has 1 spiro atoms. The molecule has 0 aromatic carbocycles. The van der Waals surface area contributed by atoms with E-state index in [1.54, 1.807) is 0 Å². The van der Waals surface area contributed by atoms with E-state index in [0.29, 0.717) is 25.2 Å². The van der Waals surface area contributed by atoms with Gasteiger partial charge in [-0.05, 0) is 85.9 Å². The third-order valence-corrected chi connectivity index (χ3v) is 14.3. The van der Waals surface area contributed by atoms with Crippen molar-refractivity contribution in [1.29, 1.82) is 0 Å². The summed E-state index contributed by atoms with van der Waals surface area (Å²) < 4.78 is 6.77. The Morgan fingerprint density at radius 2 is 1.33 bits per heavy atom. The van der Waals surface area contributed by atoms with Crippen molar-refractivity contribution in [3.63, 3.8) is 0 Å². The van der Waals surface area contributed by atoms with E-state index in [-0.39, 0.29) is 40.1 Å². The molecule has 0 aromatic rings. The Kier molecular flexibility index (Phi) is 5.26. The van der Waals surface area contributed by atoms with E-state index in [0.717, 1.165) is 38.5 Å². The zero-order valence-electron chi connectivity index (χ0n) is 23.3. The largest absolute Gasteiger partial charge is 0.396 e. The van der Waals surface area contributed by atoms with E-state index in [9.17, 15) is 25.5 Å². The third kappa shape index (κ3) is 2.57. The highest BCUT2D eigenvalue weighted by Gasteiger charge is 2.83. The van der Waals surface area contributed by atoms with Crippen LogP contribution in [0.2, 0.25) is 0 Å². The fourth-order valence-electron chi connectivity index (χ4n) is 12.4. The summed E-state index contributed by atoms with van der Waals surface area (Å²) in [7, 11) is 0. The predicted octanol–water partition coefficient (Wildman–Crippen LogP) is 3.61. The van der Waals surface area contributed by atoms with Gasteiger partial charge < -0.3 is 30.3 Å². The molecule has 5 N–H and O–H groups in total. The number of aliphatic hydroxyl groups is 5. The summed E-state index contributed by atoms with van der Waals surface area (Å²) in [6, 6.07) is 0. The lowest BCUT2D eigenvalue weighted by atomic mass is 9.30. The molecule has 206 valence electrons. The maximum Gasteiger partial charge on any atom is 0.166 e. The lowest BCUT2D eigenvalue weighted by Gasteiger charge is -2.75. The summed E-state index contributed by atoms with van der Waals surface area (Å²) in [4.78, 5) is 0. The van der Waals surface area contributed by atoms with Gasteiger partial charge in [0.15, 0.2) is 6.29 Å². The van der Waals surface area contributed by atoms with Gasteiger partial charge in [-0.3, -0.25) is 0 Å². The van der Waals surface area contributed by atoms with Gasteiger partial charge in [-0.2, -0.15) is 0 Å². The van der Waals surface area contributed by atoms with Crippen LogP contribution in [-0.4, -0.2) is 62.3 Å². The number of hydrogen-bond acceptors (Lipinski definition) is 6. The van der Waals surface area contributed by atoms with Crippen molar-refractivity contribution < 1.29 is 30.3 Å².